The first kappa shape index (κ1) is 21.5. The highest BCUT2D eigenvalue weighted by atomic mass is 32.2. The Morgan fingerprint density at radius 2 is 1.66 bits per heavy atom. The number of carboxylic acids is 1. The first-order valence-electron chi connectivity index (χ1n) is 9.99. The molecule has 6 heteroatoms. The summed E-state index contributed by atoms with van der Waals surface area (Å²) in [6.07, 6.45) is -0.0528. The molecule has 1 unspecified atom stereocenters. The third kappa shape index (κ3) is 5.25. The molecule has 0 aromatic heterocycles. The van der Waals surface area contributed by atoms with Gasteiger partial charge in [-0.15, -0.1) is 0 Å². The molecule has 2 aromatic carbocycles. The summed E-state index contributed by atoms with van der Waals surface area (Å²) >= 11 is 0. The molecule has 1 saturated heterocycles. The number of anilines is 1. The fourth-order valence-corrected chi connectivity index (χ4v) is 4.91. The maximum absolute atomic E-state index is 13.1. The van der Waals surface area contributed by atoms with Crippen molar-refractivity contribution in [1.82, 2.24) is 4.31 Å². The SMILES string of the molecule is Cc1ccc(CC(=O)O)cc1S(=O)N1CCN(c2ccc(C(C)(C)C)cc2)CC1. The molecule has 1 fully saturated rings. The molecule has 1 heterocycles. The first-order valence-corrected chi connectivity index (χ1v) is 11.1. The zero-order chi connectivity index (χ0) is 21.2. The number of hydrogen-bond donors (Lipinski definition) is 1. The summed E-state index contributed by atoms with van der Waals surface area (Å²) in [6, 6.07) is 14.2. The quantitative estimate of drug-likeness (QED) is 0.809. The molecule has 1 N–H and O–H groups in total. The summed E-state index contributed by atoms with van der Waals surface area (Å²) in [5.41, 5.74) is 4.27. The van der Waals surface area contributed by atoms with E-state index in [0.29, 0.717) is 23.5 Å². The number of benzene rings is 2. The van der Waals surface area contributed by atoms with Crippen molar-refractivity contribution in [3.8, 4) is 0 Å². The monoisotopic (exact) mass is 414 g/mol. The third-order valence-corrected chi connectivity index (χ3v) is 7.02. The van der Waals surface area contributed by atoms with Gasteiger partial charge < -0.3 is 10.0 Å². The number of piperazine rings is 1. The summed E-state index contributed by atoms with van der Waals surface area (Å²) in [6.45, 7) is 11.6. The van der Waals surface area contributed by atoms with E-state index in [0.717, 1.165) is 18.7 Å². The lowest BCUT2D eigenvalue weighted by Crippen LogP contribution is -2.47. The van der Waals surface area contributed by atoms with Crippen LogP contribution in [-0.4, -0.2) is 45.8 Å². The largest absolute Gasteiger partial charge is 0.481 e. The van der Waals surface area contributed by atoms with E-state index in [4.69, 9.17) is 5.11 Å². The van der Waals surface area contributed by atoms with Gasteiger partial charge in [0.2, 0.25) is 0 Å². The normalized spacial score (nSPS) is 16.6. The van der Waals surface area contributed by atoms with Crippen molar-refractivity contribution < 1.29 is 14.1 Å². The fourth-order valence-electron chi connectivity index (χ4n) is 3.54. The number of hydrogen-bond acceptors (Lipinski definition) is 3. The second-order valence-electron chi connectivity index (χ2n) is 8.63. The highest BCUT2D eigenvalue weighted by Gasteiger charge is 2.24. The van der Waals surface area contributed by atoms with E-state index in [9.17, 15) is 9.00 Å². The number of rotatable bonds is 5. The standard InChI is InChI=1S/C23H30N2O3S/c1-17-5-6-18(16-22(26)27)15-21(17)29(28)25-13-11-24(12-14-25)20-9-7-19(8-10-20)23(2,3)4/h5-10,15H,11-14,16H2,1-4H3,(H,26,27). The molecule has 5 nitrogen and oxygen atoms in total. The highest BCUT2D eigenvalue weighted by molar-refractivity contribution is 7.82. The molecule has 0 bridgehead atoms. The summed E-state index contributed by atoms with van der Waals surface area (Å²) < 4.78 is 15.1. The maximum atomic E-state index is 13.1. The second kappa shape index (κ2) is 8.67. The van der Waals surface area contributed by atoms with E-state index in [-0.39, 0.29) is 11.8 Å². The smallest absolute Gasteiger partial charge is 0.307 e. The molecule has 0 radical (unpaired) electrons. The van der Waals surface area contributed by atoms with Crippen LogP contribution in [0.25, 0.3) is 0 Å². The van der Waals surface area contributed by atoms with Crippen molar-refractivity contribution >= 4 is 22.6 Å². The number of carbonyl (C=O) groups is 1. The minimum absolute atomic E-state index is 0.0528. The molecule has 0 spiro atoms. The van der Waals surface area contributed by atoms with Crippen molar-refractivity contribution in [2.75, 3.05) is 31.1 Å². The van der Waals surface area contributed by atoms with Crippen LogP contribution in [0.1, 0.15) is 37.5 Å². The topological polar surface area (TPSA) is 60.9 Å². The Labute approximate surface area is 175 Å². The number of aliphatic carboxylic acids is 1. The van der Waals surface area contributed by atoms with Gasteiger partial charge in [0, 0.05) is 31.9 Å². The van der Waals surface area contributed by atoms with Crippen molar-refractivity contribution in [2.45, 2.75) is 44.4 Å². The Hall–Kier alpha value is -2.18. The van der Waals surface area contributed by atoms with Crippen molar-refractivity contribution in [1.29, 1.82) is 0 Å². The van der Waals surface area contributed by atoms with Crippen molar-refractivity contribution in [3.63, 3.8) is 0 Å². The minimum Gasteiger partial charge on any atom is -0.481 e. The Morgan fingerprint density at radius 1 is 1.03 bits per heavy atom. The van der Waals surface area contributed by atoms with Crippen LogP contribution in [0.5, 0.6) is 0 Å². The summed E-state index contributed by atoms with van der Waals surface area (Å²) in [7, 11) is -1.28. The Bertz CT molecular complexity index is 895. The lowest BCUT2D eigenvalue weighted by molar-refractivity contribution is -0.136. The molecular formula is C23H30N2O3S. The summed E-state index contributed by atoms with van der Waals surface area (Å²) in [5, 5.41) is 9.02. The second-order valence-corrected chi connectivity index (χ2v) is 10.1. The van der Waals surface area contributed by atoms with E-state index in [2.05, 4.69) is 49.9 Å². The lowest BCUT2D eigenvalue weighted by atomic mass is 9.87. The highest BCUT2D eigenvalue weighted by Crippen LogP contribution is 2.26. The number of carboxylic acid groups (broad SMARTS) is 1. The van der Waals surface area contributed by atoms with Gasteiger partial charge in [0.15, 0.2) is 0 Å². The average molecular weight is 415 g/mol. The Morgan fingerprint density at radius 3 is 2.21 bits per heavy atom. The third-order valence-electron chi connectivity index (χ3n) is 5.37. The minimum atomic E-state index is -1.28. The van der Waals surface area contributed by atoms with Crippen LogP contribution in [-0.2, 0) is 27.6 Å². The van der Waals surface area contributed by atoms with Crippen LogP contribution < -0.4 is 4.90 Å². The Kier molecular flexibility index (Phi) is 6.44. The Balaban J connectivity index is 1.66. The van der Waals surface area contributed by atoms with Gasteiger partial charge in [-0.1, -0.05) is 45.0 Å². The van der Waals surface area contributed by atoms with Crippen LogP contribution in [0.3, 0.4) is 0 Å². The van der Waals surface area contributed by atoms with Gasteiger partial charge >= 0.3 is 5.97 Å². The average Bonchev–Trinajstić information content (AvgIpc) is 2.68. The van der Waals surface area contributed by atoms with Gasteiger partial charge in [0.1, 0.15) is 11.0 Å². The first-order chi connectivity index (χ1) is 13.6. The van der Waals surface area contributed by atoms with E-state index in [1.807, 2.05) is 17.3 Å². The fraction of sp³-hybridized carbons (Fsp3) is 0.435. The van der Waals surface area contributed by atoms with Gasteiger partial charge in [0.25, 0.3) is 0 Å². The molecule has 1 atom stereocenters. The number of aryl methyl sites for hydroxylation is 1. The van der Waals surface area contributed by atoms with Crippen LogP contribution in [0, 0.1) is 6.92 Å². The van der Waals surface area contributed by atoms with Gasteiger partial charge in [-0.3, -0.25) is 4.79 Å². The van der Waals surface area contributed by atoms with Crippen molar-refractivity contribution in [2.24, 2.45) is 0 Å². The van der Waals surface area contributed by atoms with E-state index < -0.39 is 17.0 Å². The lowest BCUT2D eigenvalue weighted by Gasteiger charge is -2.35. The molecule has 0 amide bonds. The molecule has 1 aliphatic heterocycles. The van der Waals surface area contributed by atoms with E-state index in [1.54, 1.807) is 12.1 Å². The molecule has 1 aliphatic rings. The van der Waals surface area contributed by atoms with Crippen LogP contribution in [0.4, 0.5) is 5.69 Å². The van der Waals surface area contributed by atoms with E-state index in [1.165, 1.54) is 11.3 Å². The predicted molar refractivity (Wildman–Crippen MR) is 118 cm³/mol. The summed E-state index contributed by atoms with van der Waals surface area (Å²) in [4.78, 5) is 14.0. The molecule has 0 aliphatic carbocycles. The summed E-state index contributed by atoms with van der Waals surface area (Å²) in [5.74, 6) is -0.878. The van der Waals surface area contributed by atoms with Gasteiger partial charge in [-0.25, -0.2) is 8.51 Å². The molecular weight excluding hydrogens is 384 g/mol. The molecule has 3 rings (SSSR count). The van der Waals surface area contributed by atoms with Crippen LogP contribution in [0.15, 0.2) is 47.4 Å². The molecule has 2 aromatic rings. The van der Waals surface area contributed by atoms with Gasteiger partial charge in [-0.05, 0) is 47.2 Å². The van der Waals surface area contributed by atoms with Crippen LogP contribution >= 0.6 is 0 Å². The van der Waals surface area contributed by atoms with E-state index >= 15 is 0 Å². The van der Waals surface area contributed by atoms with Crippen molar-refractivity contribution in [3.05, 3.63) is 59.2 Å². The predicted octanol–water partition coefficient (Wildman–Crippen LogP) is 3.76. The maximum Gasteiger partial charge on any atom is 0.307 e. The molecule has 29 heavy (non-hydrogen) atoms. The molecule has 0 saturated carbocycles. The van der Waals surface area contributed by atoms with Gasteiger partial charge in [-0.2, -0.15) is 0 Å². The van der Waals surface area contributed by atoms with Crippen LogP contribution in [0.2, 0.25) is 0 Å². The number of nitrogens with zero attached hydrogens (tertiary/aromatic N) is 2. The van der Waals surface area contributed by atoms with Gasteiger partial charge in [0.05, 0.1) is 11.3 Å². The molecule has 156 valence electrons. The zero-order valence-corrected chi connectivity index (χ0v) is 18.5. The zero-order valence-electron chi connectivity index (χ0n) is 17.6.